The number of non-ortho nitro benzene ring substituents is 1. The number of thioether (sulfide) groups is 1. The van der Waals surface area contributed by atoms with Gasteiger partial charge in [0.15, 0.2) is 0 Å². The van der Waals surface area contributed by atoms with Crippen molar-refractivity contribution in [3.05, 3.63) is 87.1 Å². The molecule has 2 unspecified atom stereocenters. The highest BCUT2D eigenvalue weighted by Crippen LogP contribution is 2.42. The first kappa shape index (κ1) is 26.2. The summed E-state index contributed by atoms with van der Waals surface area (Å²) in [6, 6.07) is 15.9. The molecule has 184 valence electrons. The third kappa shape index (κ3) is 6.36. The molecule has 1 aliphatic heterocycles. The summed E-state index contributed by atoms with van der Waals surface area (Å²) in [6.45, 7) is 5.41. The summed E-state index contributed by atoms with van der Waals surface area (Å²) in [5.74, 6) is -1.75. The van der Waals surface area contributed by atoms with E-state index in [2.05, 4.69) is 4.99 Å². The Labute approximate surface area is 208 Å². The van der Waals surface area contributed by atoms with E-state index >= 15 is 0 Å². The zero-order valence-electron chi connectivity index (χ0n) is 19.9. The number of hydrogen-bond donors (Lipinski definition) is 0. The Kier molecular flexibility index (Phi) is 9.19. The molecule has 2 aromatic carbocycles. The normalized spacial score (nSPS) is 17.5. The number of nitro benzene ring substituents is 1. The van der Waals surface area contributed by atoms with E-state index in [1.807, 2.05) is 30.3 Å². The van der Waals surface area contributed by atoms with Crippen LogP contribution in [0.25, 0.3) is 0 Å². The van der Waals surface area contributed by atoms with Crippen LogP contribution in [-0.4, -0.2) is 41.5 Å². The Balaban J connectivity index is 2.09. The van der Waals surface area contributed by atoms with Crippen LogP contribution < -0.4 is 0 Å². The summed E-state index contributed by atoms with van der Waals surface area (Å²) in [5, 5.41) is 11.5. The Morgan fingerprint density at radius 1 is 1.03 bits per heavy atom. The molecule has 0 radical (unpaired) electrons. The minimum atomic E-state index is -0.903. The van der Waals surface area contributed by atoms with E-state index in [-0.39, 0.29) is 24.5 Å². The van der Waals surface area contributed by atoms with E-state index in [1.165, 1.54) is 12.1 Å². The molecule has 3 rings (SSSR count). The van der Waals surface area contributed by atoms with Gasteiger partial charge in [0.1, 0.15) is 5.92 Å². The van der Waals surface area contributed by atoms with Crippen molar-refractivity contribution in [2.24, 2.45) is 10.9 Å². The van der Waals surface area contributed by atoms with E-state index in [4.69, 9.17) is 9.47 Å². The fourth-order valence-corrected chi connectivity index (χ4v) is 5.01. The van der Waals surface area contributed by atoms with Gasteiger partial charge in [0, 0.05) is 35.3 Å². The van der Waals surface area contributed by atoms with E-state index in [1.54, 1.807) is 44.7 Å². The molecule has 0 amide bonds. The predicted molar refractivity (Wildman–Crippen MR) is 135 cm³/mol. The predicted octanol–water partition coefficient (Wildman–Crippen LogP) is 5.08. The zero-order chi connectivity index (χ0) is 25.4. The molecule has 8 nitrogen and oxygen atoms in total. The lowest BCUT2D eigenvalue weighted by molar-refractivity contribution is -0.384. The summed E-state index contributed by atoms with van der Waals surface area (Å²) >= 11 is 1.58. The number of nitro groups is 1. The number of carbonyl (C=O) groups is 2. The van der Waals surface area contributed by atoms with Crippen LogP contribution in [0.3, 0.4) is 0 Å². The van der Waals surface area contributed by atoms with Crippen LogP contribution >= 0.6 is 11.8 Å². The Bertz CT molecular complexity index is 1150. The number of esters is 2. The van der Waals surface area contributed by atoms with Crippen molar-refractivity contribution in [2.75, 3.05) is 19.0 Å². The van der Waals surface area contributed by atoms with Crippen LogP contribution in [0.4, 0.5) is 5.69 Å². The smallest absolute Gasteiger partial charge is 0.336 e. The largest absolute Gasteiger partial charge is 0.465 e. The summed E-state index contributed by atoms with van der Waals surface area (Å²) < 4.78 is 10.7. The average molecular weight is 497 g/mol. The summed E-state index contributed by atoms with van der Waals surface area (Å²) in [7, 11) is 0. The molecule has 9 heteroatoms. The van der Waals surface area contributed by atoms with Gasteiger partial charge in [0.05, 0.1) is 29.4 Å². The molecule has 0 N–H and O–H groups in total. The van der Waals surface area contributed by atoms with E-state index in [0.717, 1.165) is 5.56 Å². The molecular formula is C26H28N2O6S. The second kappa shape index (κ2) is 12.3. The molecular weight excluding hydrogens is 468 g/mol. The van der Waals surface area contributed by atoms with Crippen molar-refractivity contribution in [1.82, 2.24) is 0 Å². The highest BCUT2D eigenvalue weighted by molar-refractivity contribution is 7.98. The van der Waals surface area contributed by atoms with Crippen LogP contribution in [0.15, 0.2) is 70.9 Å². The van der Waals surface area contributed by atoms with E-state index < -0.39 is 28.7 Å². The molecule has 2 atom stereocenters. The zero-order valence-corrected chi connectivity index (χ0v) is 20.7. The van der Waals surface area contributed by atoms with Gasteiger partial charge in [-0.05, 0) is 31.9 Å². The average Bonchev–Trinajstić information content (AvgIpc) is 2.84. The van der Waals surface area contributed by atoms with Crippen molar-refractivity contribution in [3.63, 3.8) is 0 Å². The number of hydrogen-bond acceptors (Lipinski definition) is 8. The Morgan fingerprint density at radius 2 is 1.74 bits per heavy atom. The van der Waals surface area contributed by atoms with Gasteiger partial charge in [-0.25, -0.2) is 4.79 Å². The molecule has 2 aromatic rings. The van der Waals surface area contributed by atoms with Crippen molar-refractivity contribution in [3.8, 4) is 0 Å². The van der Waals surface area contributed by atoms with Crippen molar-refractivity contribution in [2.45, 2.75) is 32.4 Å². The van der Waals surface area contributed by atoms with Crippen LogP contribution in [0, 0.1) is 16.0 Å². The molecule has 0 aromatic heterocycles. The lowest BCUT2D eigenvalue weighted by Gasteiger charge is -2.32. The highest BCUT2D eigenvalue weighted by atomic mass is 32.2. The second-order valence-corrected chi connectivity index (χ2v) is 8.86. The number of ether oxygens (including phenoxy) is 2. The topological polar surface area (TPSA) is 108 Å². The molecule has 1 aliphatic rings. The van der Waals surface area contributed by atoms with Crippen LogP contribution in [0.2, 0.25) is 0 Å². The minimum absolute atomic E-state index is 0.131. The second-order valence-electron chi connectivity index (χ2n) is 7.87. The van der Waals surface area contributed by atoms with Crippen molar-refractivity contribution < 1.29 is 24.0 Å². The van der Waals surface area contributed by atoms with Crippen LogP contribution in [0.5, 0.6) is 0 Å². The Morgan fingerprint density at radius 3 is 2.40 bits per heavy atom. The molecule has 0 saturated carbocycles. The molecule has 0 fully saturated rings. The van der Waals surface area contributed by atoms with Gasteiger partial charge in [0.2, 0.25) is 0 Å². The number of carbonyl (C=O) groups excluding carboxylic acids is 2. The van der Waals surface area contributed by atoms with Crippen LogP contribution in [-0.2, 0) is 24.8 Å². The monoisotopic (exact) mass is 496 g/mol. The number of rotatable bonds is 10. The minimum Gasteiger partial charge on any atom is -0.465 e. The van der Waals surface area contributed by atoms with Gasteiger partial charge in [-0.15, -0.1) is 0 Å². The molecule has 0 saturated heterocycles. The summed E-state index contributed by atoms with van der Waals surface area (Å²) in [6.07, 6.45) is 0. The van der Waals surface area contributed by atoms with Gasteiger partial charge in [-0.3, -0.25) is 19.9 Å². The number of benzene rings is 2. The fourth-order valence-electron chi connectivity index (χ4n) is 4.06. The first-order chi connectivity index (χ1) is 16.9. The molecule has 35 heavy (non-hydrogen) atoms. The van der Waals surface area contributed by atoms with Crippen molar-refractivity contribution >= 4 is 35.1 Å². The lowest BCUT2D eigenvalue weighted by Crippen LogP contribution is -2.37. The maximum atomic E-state index is 13.2. The first-order valence-corrected chi connectivity index (χ1v) is 12.5. The van der Waals surface area contributed by atoms with Gasteiger partial charge in [0.25, 0.3) is 5.69 Å². The molecule has 0 aliphatic carbocycles. The van der Waals surface area contributed by atoms with Gasteiger partial charge in [-0.2, -0.15) is 11.8 Å². The quantitative estimate of drug-likeness (QED) is 0.256. The molecule has 0 bridgehead atoms. The number of aliphatic imine (C=N–C) groups is 1. The Hall–Kier alpha value is -3.46. The van der Waals surface area contributed by atoms with E-state index in [9.17, 15) is 19.7 Å². The molecule has 1 heterocycles. The molecule has 0 spiro atoms. The number of nitrogens with zero attached hydrogens (tertiary/aromatic N) is 2. The van der Waals surface area contributed by atoms with Gasteiger partial charge in [-0.1, -0.05) is 42.5 Å². The van der Waals surface area contributed by atoms with Crippen LogP contribution in [0.1, 0.15) is 37.8 Å². The summed E-state index contributed by atoms with van der Waals surface area (Å²) in [5.41, 5.74) is 2.68. The highest BCUT2D eigenvalue weighted by Gasteiger charge is 2.43. The third-order valence-corrected chi connectivity index (χ3v) is 6.56. The van der Waals surface area contributed by atoms with E-state index in [0.29, 0.717) is 28.5 Å². The fraction of sp³-hybridized carbons (Fsp3) is 0.346. The first-order valence-electron chi connectivity index (χ1n) is 11.3. The SMILES string of the molecule is CCOC(=O)C1=C(CSCc2ccccc2)N=C(C)C(C(=O)OCC)C1c1cccc([N+](=O)[O-])c1. The standard InChI is InChI=1S/C26H28N2O6S/c1-4-33-25(29)22-17(3)27-21(16-35-15-18-10-7-6-8-11-18)24(26(30)34-5-2)23(22)19-12-9-13-20(14-19)28(31)32/h6-14,22-23H,4-5,15-16H2,1-3H3. The van der Waals surface area contributed by atoms with Crippen molar-refractivity contribution in [1.29, 1.82) is 0 Å². The maximum absolute atomic E-state index is 13.2. The van der Waals surface area contributed by atoms with Gasteiger partial charge >= 0.3 is 11.9 Å². The lowest BCUT2D eigenvalue weighted by atomic mass is 9.75. The summed E-state index contributed by atoms with van der Waals surface area (Å²) in [4.78, 5) is 41.9. The maximum Gasteiger partial charge on any atom is 0.336 e. The van der Waals surface area contributed by atoms with Gasteiger partial charge < -0.3 is 9.47 Å². The third-order valence-electron chi connectivity index (χ3n) is 5.54.